The van der Waals surface area contributed by atoms with Crippen LogP contribution in [0.3, 0.4) is 0 Å². The summed E-state index contributed by atoms with van der Waals surface area (Å²) < 4.78 is 5.42. The molecule has 0 fully saturated rings. The smallest absolute Gasteiger partial charge is 0.239 e. The Morgan fingerprint density at radius 1 is 1.09 bits per heavy atom. The van der Waals surface area contributed by atoms with Crippen molar-refractivity contribution in [2.45, 2.75) is 26.7 Å². The molecule has 0 aliphatic carbocycles. The molecule has 0 radical (unpaired) electrons. The summed E-state index contributed by atoms with van der Waals surface area (Å²) in [7, 11) is 3.44. The molecule has 0 aliphatic rings. The van der Waals surface area contributed by atoms with Gasteiger partial charge in [0.1, 0.15) is 5.75 Å². The molecule has 1 heterocycles. The predicted molar refractivity (Wildman–Crippen MR) is 140 cm³/mol. The molecule has 8 nitrogen and oxygen atoms in total. The van der Waals surface area contributed by atoms with Crippen molar-refractivity contribution >= 4 is 28.3 Å². The number of fused-ring (bicyclic) bond motifs is 1. The standard InChI is InChI=1S/C26H36N6O2/c1-5-32(6-2)14-8-7-12-28-25(33)18-30-24-16-20(23-11-13-29-26(27-3)31-23)15-19-9-10-21(34-4)17-22(19)24/h9-11,13,15-17,30H,5-8,12,14,18H2,1-4H3,(H,28,33)(H,27,29,31). The van der Waals surface area contributed by atoms with Gasteiger partial charge in [-0.25, -0.2) is 9.97 Å². The minimum absolute atomic E-state index is 0.0243. The minimum Gasteiger partial charge on any atom is -0.497 e. The minimum atomic E-state index is -0.0243. The second-order valence-electron chi connectivity index (χ2n) is 8.06. The molecular weight excluding hydrogens is 428 g/mol. The third-order valence-electron chi connectivity index (χ3n) is 5.89. The number of rotatable bonds is 13. The van der Waals surface area contributed by atoms with Gasteiger partial charge < -0.3 is 25.6 Å². The lowest BCUT2D eigenvalue weighted by atomic mass is 10.0. The summed E-state index contributed by atoms with van der Waals surface area (Å²) in [6, 6.07) is 11.9. The molecule has 0 unspecified atom stereocenters. The maximum atomic E-state index is 12.5. The third kappa shape index (κ3) is 6.81. The first kappa shape index (κ1) is 25.2. The Balaban J connectivity index is 1.70. The number of nitrogens with zero attached hydrogens (tertiary/aromatic N) is 3. The molecule has 182 valence electrons. The van der Waals surface area contributed by atoms with Gasteiger partial charge in [-0.15, -0.1) is 0 Å². The molecule has 3 rings (SSSR count). The van der Waals surface area contributed by atoms with Crippen molar-refractivity contribution < 1.29 is 9.53 Å². The lowest BCUT2D eigenvalue weighted by Gasteiger charge is -2.17. The van der Waals surface area contributed by atoms with Gasteiger partial charge in [0.05, 0.1) is 19.3 Å². The van der Waals surface area contributed by atoms with Crippen molar-refractivity contribution in [3.05, 3.63) is 42.6 Å². The lowest BCUT2D eigenvalue weighted by Crippen LogP contribution is -2.31. The molecule has 0 aliphatic heterocycles. The van der Waals surface area contributed by atoms with E-state index in [9.17, 15) is 4.79 Å². The van der Waals surface area contributed by atoms with Crippen LogP contribution >= 0.6 is 0 Å². The van der Waals surface area contributed by atoms with Crippen LogP contribution in [0, 0.1) is 0 Å². The molecule has 0 atom stereocenters. The highest BCUT2D eigenvalue weighted by Crippen LogP contribution is 2.33. The van der Waals surface area contributed by atoms with Crippen molar-refractivity contribution in [1.29, 1.82) is 0 Å². The fourth-order valence-electron chi connectivity index (χ4n) is 3.86. The summed E-state index contributed by atoms with van der Waals surface area (Å²) in [6.07, 6.45) is 3.78. The molecule has 2 aromatic carbocycles. The molecule has 1 aromatic heterocycles. The number of methoxy groups -OCH3 is 1. The van der Waals surface area contributed by atoms with E-state index in [1.165, 1.54) is 0 Å². The number of amides is 1. The number of ether oxygens (including phenoxy) is 1. The van der Waals surface area contributed by atoms with Gasteiger partial charge in [-0.2, -0.15) is 0 Å². The number of aromatic nitrogens is 2. The zero-order valence-corrected chi connectivity index (χ0v) is 20.6. The summed E-state index contributed by atoms with van der Waals surface area (Å²) >= 11 is 0. The van der Waals surface area contributed by atoms with Crippen molar-refractivity contribution in [3.8, 4) is 17.0 Å². The van der Waals surface area contributed by atoms with Crippen LogP contribution in [0.2, 0.25) is 0 Å². The topological polar surface area (TPSA) is 91.4 Å². The van der Waals surface area contributed by atoms with Crippen LogP contribution in [-0.4, -0.2) is 67.7 Å². The van der Waals surface area contributed by atoms with Crippen LogP contribution in [-0.2, 0) is 4.79 Å². The van der Waals surface area contributed by atoms with Crippen LogP contribution in [0.15, 0.2) is 42.6 Å². The number of hydrogen-bond donors (Lipinski definition) is 3. The summed E-state index contributed by atoms with van der Waals surface area (Å²) in [5, 5.41) is 11.3. The molecular formula is C26H36N6O2. The van der Waals surface area contributed by atoms with E-state index >= 15 is 0 Å². The predicted octanol–water partition coefficient (Wildman–Crippen LogP) is 4.00. The summed E-state index contributed by atoms with van der Waals surface area (Å²) in [5.74, 6) is 1.30. The molecule has 0 spiro atoms. The maximum absolute atomic E-state index is 12.5. The van der Waals surface area contributed by atoms with E-state index in [-0.39, 0.29) is 12.5 Å². The first-order chi connectivity index (χ1) is 16.6. The fraction of sp³-hybridized carbons (Fsp3) is 0.423. The van der Waals surface area contributed by atoms with E-state index in [1.54, 1.807) is 20.4 Å². The fourth-order valence-corrected chi connectivity index (χ4v) is 3.86. The van der Waals surface area contributed by atoms with Gasteiger partial charge in [0, 0.05) is 36.4 Å². The Bertz CT molecular complexity index is 1080. The first-order valence-corrected chi connectivity index (χ1v) is 11.9. The largest absolute Gasteiger partial charge is 0.497 e. The van der Waals surface area contributed by atoms with E-state index < -0.39 is 0 Å². The summed E-state index contributed by atoms with van der Waals surface area (Å²) in [5.41, 5.74) is 2.60. The van der Waals surface area contributed by atoms with Crippen LogP contribution in [0.25, 0.3) is 22.0 Å². The van der Waals surface area contributed by atoms with Crippen molar-refractivity contribution in [3.63, 3.8) is 0 Å². The number of carbonyl (C=O) groups excluding carboxylic acids is 1. The molecule has 3 aromatic rings. The van der Waals surface area contributed by atoms with Crippen LogP contribution in [0.4, 0.5) is 11.6 Å². The van der Waals surface area contributed by atoms with E-state index in [1.807, 2.05) is 30.3 Å². The average molecular weight is 465 g/mol. The monoisotopic (exact) mass is 464 g/mol. The SMILES string of the molecule is CCN(CC)CCCCNC(=O)CNc1cc(-c2ccnc(NC)n2)cc2ccc(OC)cc12. The van der Waals surface area contributed by atoms with Gasteiger partial charge in [-0.05, 0) is 68.2 Å². The first-order valence-electron chi connectivity index (χ1n) is 11.9. The second-order valence-corrected chi connectivity index (χ2v) is 8.06. The van der Waals surface area contributed by atoms with Gasteiger partial charge in [0.2, 0.25) is 11.9 Å². The third-order valence-corrected chi connectivity index (χ3v) is 5.89. The maximum Gasteiger partial charge on any atom is 0.239 e. The molecule has 0 bridgehead atoms. The lowest BCUT2D eigenvalue weighted by molar-refractivity contribution is -0.119. The number of hydrogen-bond acceptors (Lipinski definition) is 7. The van der Waals surface area contributed by atoms with E-state index in [0.29, 0.717) is 12.5 Å². The Labute approximate surface area is 202 Å². The van der Waals surface area contributed by atoms with E-state index in [4.69, 9.17) is 4.74 Å². The molecule has 8 heteroatoms. The van der Waals surface area contributed by atoms with Crippen LogP contribution < -0.4 is 20.7 Å². The summed E-state index contributed by atoms with van der Waals surface area (Å²) in [6.45, 7) is 8.43. The van der Waals surface area contributed by atoms with Crippen LogP contribution in [0.1, 0.15) is 26.7 Å². The Kier molecular flexibility index (Phi) is 9.46. The highest BCUT2D eigenvalue weighted by molar-refractivity contribution is 5.99. The summed E-state index contributed by atoms with van der Waals surface area (Å²) in [4.78, 5) is 23.6. The van der Waals surface area contributed by atoms with Crippen molar-refractivity contribution in [1.82, 2.24) is 20.2 Å². The van der Waals surface area contributed by atoms with Gasteiger partial charge in [-0.3, -0.25) is 4.79 Å². The van der Waals surface area contributed by atoms with Gasteiger partial charge in [0.25, 0.3) is 0 Å². The van der Waals surface area contributed by atoms with Gasteiger partial charge >= 0.3 is 0 Å². The highest BCUT2D eigenvalue weighted by Gasteiger charge is 2.11. The van der Waals surface area contributed by atoms with E-state index in [2.05, 4.69) is 50.7 Å². The second kappa shape index (κ2) is 12.7. The molecule has 0 saturated heterocycles. The molecule has 0 saturated carbocycles. The Morgan fingerprint density at radius 3 is 2.65 bits per heavy atom. The Morgan fingerprint density at radius 2 is 1.91 bits per heavy atom. The van der Waals surface area contributed by atoms with E-state index in [0.717, 1.165) is 65.9 Å². The quantitative estimate of drug-likeness (QED) is 0.329. The normalized spacial score (nSPS) is 11.0. The van der Waals surface area contributed by atoms with Crippen LogP contribution in [0.5, 0.6) is 5.75 Å². The zero-order chi connectivity index (χ0) is 24.3. The van der Waals surface area contributed by atoms with Gasteiger partial charge in [0.15, 0.2) is 0 Å². The van der Waals surface area contributed by atoms with Crippen molar-refractivity contribution in [2.24, 2.45) is 0 Å². The average Bonchev–Trinajstić information content (AvgIpc) is 2.88. The molecule has 34 heavy (non-hydrogen) atoms. The number of carbonyl (C=O) groups is 1. The number of unbranched alkanes of at least 4 members (excludes halogenated alkanes) is 1. The highest BCUT2D eigenvalue weighted by atomic mass is 16.5. The number of anilines is 2. The van der Waals surface area contributed by atoms with Crippen molar-refractivity contribution in [2.75, 3.05) is 57.5 Å². The molecule has 3 N–H and O–H groups in total. The Hall–Kier alpha value is -3.39. The number of benzene rings is 2. The van der Waals surface area contributed by atoms with Gasteiger partial charge in [-0.1, -0.05) is 19.9 Å². The number of nitrogens with one attached hydrogen (secondary N) is 3. The zero-order valence-electron chi connectivity index (χ0n) is 20.6. The molecule has 1 amide bonds.